The molecule has 5 heteroatoms. The van der Waals surface area contributed by atoms with E-state index in [9.17, 15) is 13.2 Å². The fraction of sp³-hybridized carbons (Fsp3) is 0.188. The summed E-state index contributed by atoms with van der Waals surface area (Å²) in [5, 5.41) is 0. The van der Waals surface area contributed by atoms with Gasteiger partial charge >= 0.3 is 0 Å². The molecule has 0 aliphatic rings. The third-order valence-electron chi connectivity index (χ3n) is 3.05. The van der Waals surface area contributed by atoms with Crippen LogP contribution in [0.2, 0.25) is 0 Å². The molecule has 0 amide bonds. The Hall–Kier alpha value is -2.14. The van der Waals surface area contributed by atoms with Crippen molar-refractivity contribution >= 4 is 22.0 Å². The van der Waals surface area contributed by atoms with Crippen molar-refractivity contribution in [2.24, 2.45) is 0 Å². The fourth-order valence-corrected chi connectivity index (χ4v) is 3.06. The highest BCUT2D eigenvalue weighted by Gasteiger charge is 2.14. The second-order valence-electron chi connectivity index (χ2n) is 4.74. The molecule has 0 radical (unpaired) electrons. The lowest BCUT2D eigenvalue weighted by molar-refractivity contribution is 0.112. The lowest BCUT2D eigenvalue weighted by Gasteiger charge is -2.09. The van der Waals surface area contributed by atoms with Gasteiger partial charge in [-0.3, -0.25) is 9.52 Å². The van der Waals surface area contributed by atoms with Crippen LogP contribution in [-0.2, 0) is 16.4 Å². The number of aldehydes is 1. The van der Waals surface area contributed by atoms with E-state index in [2.05, 4.69) is 11.6 Å². The minimum Gasteiger partial charge on any atom is -0.298 e. The van der Waals surface area contributed by atoms with E-state index in [0.717, 1.165) is 18.4 Å². The standard InChI is InChI=1S/C16H17NO3S/c1-2-4-13-7-9-16(10-8-13)21(19,20)17-15-6-3-5-14(11-15)12-18/h3,5-12,17H,2,4H2,1H3. The predicted octanol–water partition coefficient (Wildman–Crippen LogP) is 3.25. The highest BCUT2D eigenvalue weighted by atomic mass is 32.2. The smallest absolute Gasteiger partial charge is 0.261 e. The summed E-state index contributed by atoms with van der Waals surface area (Å²) in [7, 11) is -3.64. The van der Waals surface area contributed by atoms with Crippen LogP contribution in [0.3, 0.4) is 0 Å². The third-order valence-corrected chi connectivity index (χ3v) is 4.44. The van der Waals surface area contributed by atoms with Crippen molar-refractivity contribution in [1.82, 2.24) is 0 Å². The Morgan fingerprint density at radius 3 is 2.43 bits per heavy atom. The summed E-state index contributed by atoms with van der Waals surface area (Å²) < 4.78 is 27.0. The molecule has 0 heterocycles. The van der Waals surface area contributed by atoms with Crippen LogP contribution in [0.1, 0.15) is 29.3 Å². The van der Waals surface area contributed by atoms with E-state index in [4.69, 9.17) is 0 Å². The number of nitrogens with one attached hydrogen (secondary N) is 1. The highest BCUT2D eigenvalue weighted by Crippen LogP contribution is 2.17. The molecule has 1 N–H and O–H groups in total. The van der Waals surface area contributed by atoms with Crippen LogP contribution >= 0.6 is 0 Å². The number of hydrogen-bond donors (Lipinski definition) is 1. The van der Waals surface area contributed by atoms with E-state index in [1.54, 1.807) is 30.3 Å². The van der Waals surface area contributed by atoms with E-state index in [0.29, 0.717) is 17.5 Å². The van der Waals surface area contributed by atoms with Gasteiger partial charge in [0.25, 0.3) is 10.0 Å². The molecule has 2 aromatic rings. The summed E-state index contributed by atoms with van der Waals surface area (Å²) >= 11 is 0. The third kappa shape index (κ3) is 3.92. The Morgan fingerprint density at radius 1 is 1.10 bits per heavy atom. The van der Waals surface area contributed by atoms with E-state index >= 15 is 0 Å². The van der Waals surface area contributed by atoms with Crippen LogP contribution in [0.15, 0.2) is 53.4 Å². The van der Waals surface area contributed by atoms with Gasteiger partial charge in [0.15, 0.2) is 0 Å². The molecule has 0 aliphatic carbocycles. The molecule has 0 bridgehead atoms. The number of sulfonamides is 1. The van der Waals surface area contributed by atoms with Gasteiger partial charge in [0, 0.05) is 11.3 Å². The summed E-state index contributed by atoms with van der Waals surface area (Å²) in [4.78, 5) is 10.9. The Labute approximate surface area is 124 Å². The van der Waals surface area contributed by atoms with E-state index in [1.165, 1.54) is 6.07 Å². The fourth-order valence-electron chi connectivity index (χ4n) is 2.01. The molecule has 0 aliphatic heterocycles. The first-order valence-corrected chi connectivity index (χ1v) is 8.20. The second-order valence-corrected chi connectivity index (χ2v) is 6.43. The van der Waals surface area contributed by atoms with Gasteiger partial charge in [0.1, 0.15) is 6.29 Å². The minimum atomic E-state index is -3.64. The SMILES string of the molecule is CCCc1ccc(S(=O)(=O)Nc2cccc(C=O)c2)cc1. The summed E-state index contributed by atoms with van der Waals surface area (Å²) in [5.41, 5.74) is 1.91. The lowest BCUT2D eigenvalue weighted by atomic mass is 10.1. The van der Waals surface area contributed by atoms with Crippen LogP contribution < -0.4 is 4.72 Å². The van der Waals surface area contributed by atoms with Gasteiger partial charge in [-0.15, -0.1) is 0 Å². The zero-order chi connectivity index (χ0) is 15.3. The molecule has 0 saturated heterocycles. The molecule has 0 spiro atoms. The largest absolute Gasteiger partial charge is 0.298 e. The first kappa shape index (κ1) is 15.3. The average Bonchev–Trinajstić information content (AvgIpc) is 2.48. The molecule has 0 fully saturated rings. The molecule has 0 aromatic heterocycles. The number of anilines is 1. The number of hydrogen-bond acceptors (Lipinski definition) is 3. The molecule has 4 nitrogen and oxygen atoms in total. The monoisotopic (exact) mass is 303 g/mol. The highest BCUT2D eigenvalue weighted by molar-refractivity contribution is 7.92. The van der Waals surface area contributed by atoms with Gasteiger partial charge < -0.3 is 0 Å². The van der Waals surface area contributed by atoms with Gasteiger partial charge in [0.2, 0.25) is 0 Å². The Balaban J connectivity index is 2.22. The van der Waals surface area contributed by atoms with Gasteiger partial charge in [-0.2, -0.15) is 0 Å². The summed E-state index contributed by atoms with van der Waals surface area (Å²) in [6.07, 6.45) is 2.62. The molecular weight excluding hydrogens is 286 g/mol. The van der Waals surface area contributed by atoms with Crippen LogP contribution in [0, 0.1) is 0 Å². The maximum atomic E-state index is 12.3. The van der Waals surface area contributed by atoms with Gasteiger partial charge in [-0.1, -0.05) is 37.6 Å². The second kappa shape index (κ2) is 6.54. The van der Waals surface area contributed by atoms with Crippen LogP contribution in [0.25, 0.3) is 0 Å². The van der Waals surface area contributed by atoms with Crippen molar-refractivity contribution in [3.8, 4) is 0 Å². The molecule has 0 saturated carbocycles. The van der Waals surface area contributed by atoms with Crippen LogP contribution in [-0.4, -0.2) is 14.7 Å². The van der Waals surface area contributed by atoms with E-state index in [1.807, 2.05) is 12.1 Å². The number of carbonyl (C=O) groups excluding carboxylic acids is 1. The van der Waals surface area contributed by atoms with Crippen LogP contribution in [0.5, 0.6) is 0 Å². The van der Waals surface area contributed by atoms with Crippen molar-refractivity contribution in [2.75, 3.05) is 4.72 Å². The minimum absolute atomic E-state index is 0.207. The Morgan fingerprint density at radius 2 is 1.81 bits per heavy atom. The Kier molecular flexibility index (Phi) is 4.75. The van der Waals surface area contributed by atoms with Gasteiger partial charge in [-0.25, -0.2) is 8.42 Å². The topological polar surface area (TPSA) is 63.2 Å². The van der Waals surface area contributed by atoms with Crippen molar-refractivity contribution < 1.29 is 13.2 Å². The van der Waals surface area contributed by atoms with Crippen LogP contribution in [0.4, 0.5) is 5.69 Å². The normalized spacial score (nSPS) is 11.1. The summed E-state index contributed by atoms with van der Waals surface area (Å²) in [5.74, 6) is 0. The summed E-state index contributed by atoms with van der Waals surface area (Å²) in [6, 6.07) is 13.2. The first-order valence-electron chi connectivity index (χ1n) is 6.72. The summed E-state index contributed by atoms with van der Waals surface area (Å²) in [6.45, 7) is 2.08. The average molecular weight is 303 g/mol. The molecule has 0 unspecified atom stereocenters. The zero-order valence-corrected chi connectivity index (χ0v) is 12.6. The number of benzene rings is 2. The molecule has 21 heavy (non-hydrogen) atoms. The van der Waals surface area contributed by atoms with Crippen molar-refractivity contribution in [1.29, 1.82) is 0 Å². The zero-order valence-electron chi connectivity index (χ0n) is 11.7. The number of aryl methyl sites for hydroxylation is 1. The first-order chi connectivity index (χ1) is 10.0. The van der Waals surface area contributed by atoms with E-state index < -0.39 is 10.0 Å². The predicted molar refractivity (Wildman–Crippen MR) is 83.1 cm³/mol. The molecule has 0 atom stereocenters. The molecular formula is C16H17NO3S. The molecule has 110 valence electrons. The quantitative estimate of drug-likeness (QED) is 0.833. The lowest BCUT2D eigenvalue weighted by Crippen LogP contribution is -2.13. The van der Waals surface area contributed by atoms with Crippen molar-refractivity contribution in [3.63, 3.8) is 0 Å². The number of carbonyl (C=O) groups is 1. The maximum absolute atomic E-state index is 12.3. The van der Waals surface area contributed by atoms with Crippen molar-refractivity contribution in [3.05, 3.63) is 59.7 Å². The van der Waals surface area contributed by atoms with Gasteiger partial charge in [-0.05, 0) is 36.2 Å². The van der Waals surface area contributed by atoms with E-state index in [-0.39, 0.29) is 4.90 Å². The molecule has 2 aromatic carbocycles. The maximum Gasteiger partial charge on any atom is 0.261 e. The number of rotatable bonds is 6. The Bertz CT molecular complexity index is 721. The van der Waals surface area contributed by atoms with Gasteiger partial charge in [0.05, 0.1) is 4.90 Å². The molecule has 2 rings (SSSR count). The van der Waals surface area contributed by atoms with Crippen molar-refractivity contribution in [2.45, 2.75) is 24.7 Å².